The first-order chi connectivity index (χ1) is 14.5. The van der Waals surface area contributed by atoms with E-state index in [2.05, 4.69) is 5.32 Å². The molecule has 0 unspecified atom stereocenters. The highest BCUT2D eigenvalue weighted by Crippen LogP contribution is 2.33. The number of nitro benzene ring substituents is 1. The molecular formula is C22H25N3O5. The quantitative estimate of drug-likeness (QED) is 0.593. The summed E-state index contributed by atoms with van der Waals surface area (Å²) in [7, 11) is 0. The van der Waals surface area contributed by atoms with Gasteiger partial charge in [0.25, 0.3) is 11.6 Å². The zero-order valence-electron chi connectivity index (χ0n) is 16.9. The predicted octanol–water partition coefficient (Wildman–Crippen LogP) is 3.85. The molecule has 2 heterocycles. The average Bonchev–Trinajstić information content (AvgIpc) is 2.78. The Hall–Kier alpha value is -3.29. The summed E-state index contributed by atoms with van der Waals surface area (Å²) in [6.07, 6.45) is 3.18. The van der Waals surface area contributed by atoms with Gasteiger partial charge in [-0.2, -0.15) is 0 Å². The molecule has 30 heavy (non-hydrogen) atoms. The van der Waals surface area contributed by atoms with E-state index in [4.69, 9.17) is 9.47 Å². The number of anilines is 1. The molecule has 0 spiro atoms. The number of nitro groups is 1. The standard InChI is InChI=1S/C22H25N3O5/c1-15(16-6-8-20-21(14-16)30-12-11-29-20)23-22(26)17-5-7-18(19(13-17)25(27)28)24-9-3-2-4-10-24/h5-8,13-15H,2-4,9-12H2,1H3,(H,23,26)/t15-/m1/s1. The van der Waals surface area contributed by atoms with Crippen LogP contribution in [0.25, 0.3) is 0 Å². The fourth-order valence-electron chi connectivity index (χ4n) is 3.91. The van der Waals surface area contributed by atoms with Crippen molar-refractivity contribution in [1.82, 2.24) is 5.32 Å². The maximum absolute atomic E-state index is 12.8. The van der Waals surface area contributed by atoms with Gasteiger partial charge in [0.2, 0.25) is 0 Å². The van der Waals surface area contributed by atoms with Crippen LogP contribution in [0.3, 0.4) is 0 Å². The molecule has 0 aliphatic carbocycles. The van der Waals surface area contributed by atoms with Gasteiger partial charge < -0.3 is 19.7 Å². The van der Waals surface area contributed by atoms with Gasteiger partial charge in [-0.15, -0.1) is 0 Å². The lowest BCUT2D eigenvalue weighted by Gasteiger charge is -2.28. The van der Waals surface area contributed by atoms with Crippen molar-refractivity contribution in [3.63, 3.8) is 0 Å². The molecular weight excluding hydrogens is 386 g/mol. The second-order valence-corrected chi connectivity index (χ2v) is 7.61. The van der Waals surface area contributed by atoms with Gasteiger partial charge in [-0.1, -0.05) is 6.07 Å². The van der Waals surface area contributed by atoms with E-state index in [1.54, 1.807) is 12.1 Å². The van der Waals surface area contributed by atoms with Crippen molar-refractivity contribution in [2.24, 2.45) is 0 Å². The topological polar surface area (TPSA) is 93.9 Å². The summed E-state index contributed by atoms with van der Waals surface area (Å²) in [5, 5.41) is 14.6. The van der Waals surface area contributed by atoms with E-state index in [1.807, 2.05) is 30.0 Å². The van der Waals surface area contributed by atoms with E-state index in [9.17, 15) is 14.9 Å². The van der Waals surface area contributed by atoms with Crippen molar-refractivity contribution >= 4 is 17.3 Å². The van der Waals surface area contributed by atoms with Crippen LogP contribution in [-0.4, -0.2) is 37.1 Å². The molecule has 0 saturated carbocycles. The van der Waals surface area contributed by atoms with E-state index in [1.165, 1.54) is 6.07 Å². The highest BCUT2D eigenvalue weighted by atomic mass is 16.6. The molecule has 1 atom stereocenters. The zero-order valence-corrected chi connectivity index (χ0v) is 16.9. The third-order valence-corrected chi connectivity index (χ3v) is 5.54. The summed E-state index contributed by atoms with van der Waals surface area (Å²) in [5.74, 6) is 0.986. The summed E-state index contributed by atoms with van der Waals surface area (Å²) in [5.41, 5.74) is 1.69. The lowest BCUT2D eigenvalue weighted by atomic mass is 10.1. The van der Waals surface area contributed by atoms with Crippen molar-refractivity contribution in [1.29, 1.82) is 0 Å². The van der Waals surface area contributed by atoms with Gasteiger partial charge in [0.1, 0.15) is 18.9 Å². The van der Waals surface area contributed by atoms with Crippen LogP contribution in [0, 0.1) is 10.1 Å². The van der Waals surface area contributed by atoms with Crippen LogP contribution >= 0.6 is 0 Å². The fraction of sp³-hybridized carbons (Fsp3) is 0.409. The summed E-state index contributed by atoms with van der Waals surface area (Å²) < 4.78 is 11.1. The van der Waals surface area contributed by atoms with E-state index < -0.39 is 4.92 Å². The number of amides is 1. The molecule has 2 aromatic rings. The average molecular weight is 411 g/mol. The van der Waals surface area contributed by atoms with Crippen LogP contribution in [0.2, 0.25) is 0 Å². The zero-order chi connectivity index (χ0) is 21.1. The van der Waals surface area contributed by atoms with Crippen LogP contribution in [0.5, 0.6) is 11.5 Å². The van der Waals surface area contributed by atoms with Crippen molar-refractivity contribution in [2.75, 3.05) is 31.2 Å². The molecule has 158 valence electrons. The molecule has 1 N–H and O–H groups in total. The van der Waals surface area contributed by atoms with E-state index in [0.29, 0.717) is 30.4 Å². The lowest BCUT2D eigenvalue weighted by Crippen LogP contribution is -2.30. The van der Waals surface area contributed by atoms with Gasteiger partial charge in [0, 0.05) is 24.7 Å². The van der Waals surface area contributed by atoms with Crippen LogP contribution in [0.4, 0.5) is 11.4 Å². The molecule has 2 aliphatic rings. The molecule has 8 heteroatoms. The maximum atomic E-state index is 12.8. The number of hydrogen-bond donors (Lipinski definition) is 1. The number of rotatable bonds is 5. The van der Waals surface area contributed by atoms with Crippen molar-refractivity contribution < 1.29 is 19.2 Å². The largest absolute Gasteiger partial charge is 0.486 e. The monoisotopic (exact) mass is 411 g/mol. The van der Waals surface area contributed by atoms with Crippen LogP contribution in [0.1, 0.15) is 48.1 Å². The number of hydrogen-bond acceptors (Lipinski definition) is 6. The number of ether oxygens (including phenoxy) is 2. The third-order valence-electron chi connectivity index (χ3n) is 5.54. The first kappa shape index (κ1) is 20.0. The van der Waals surface area contributed by atoms with Crippen LogP contribution in [-0.2, 0) is 0 Å². The first-order valence-electron chi connectivity index (χ1n) is 10.3. The number of carbonyl (C=O) groups is 1. The summed E-state index contributed by atoms with van der Waals surface area (Å²) >= 11 is 0. The third kappa shape index (κ3) is 4.17. The number of fused-ring (bicyclic) bond motifs is 1. The van der Waals surface area contributed by atoms with Crippen LogP contribution in [0.15, 0.2) is 36.4 Å². The Bertz CT molecular complexity index is 956. The Morgan fingerprint density at radius 2 is 1.80 bits per heavy atom. The van der Waals surface area contributed by atoms with Gasteiger partial charge in [-0.05, 0) is 56.0 Å². The molecule has 1 saturated heterocycles. The van der Waals surface area contributed by atoms with Gasteiger partial charge >= 0.3 is 0 Å². The molecule has 8 nitrogen and oxygen atoms in total. The number of piperidine rings is 1. The minimum absolute atomic E-state index is 0.0310. The predicted molar refractivity (Wildman–Crippen MR) is 112 cm³/mol. The molecule has 2 aromatic carbocycles. The summed E-state index contributed by atoms with van der Waals surface area (Å²) in [4.78, 5) is 26.0. The molecule has 0 aromatic heterocycles. The van der Waals surface area contributed by atoms with Gasteiger partial charge in [-0.25, -0.2) is 0 Å². The Morgan fingerprint density at radius 1 is 1.07 bits per heavy atom. The summed E-state index contributed by atoms with van der Waals surface area (Å²) in [6, 6.07) is 9.96. The van der Waals surface area contributed by atoms with Crippen molar-refractivity contribution in [3.8, 4) is 11.5 Å². The van der Waals surface area contributed by atoms with Crippen molar-refractivity contribution in [2.45, 2.75) is 32.2 Å². The van der Waals surface area contributed by atoms with Crippen molar-refractivity contribution in [3.05, 3.63) is 57.6 Å². The highest BCUT2D eigenvalue weighted by Gasteiger charge is 2.24. The van der Waals surface area contributed by atoms with Crippen LogP contribution < -0.4 is 19.7 Å². The highest BCUT2D eigenvalue weighted by molar-refractivity contribution is 5.96. The SMILES string of the molecule is C[C@@H](NC(=O)c1ccc(N2CCCCC2)c([N+](=O)[O-])c1)c1ccc2c(c1)OCCO2. The van der Waals surface area contributed by atoms with Gasteiger partial charge in [0.05, 0.1) is 11.0 Å². The first-order valence-corrected chi connectivity index (χ1v) is 10.3. The normalized spacial score (nSPS) is 16.6. The van der Waals surface area contributed by atoms with Gasteiger partial charge in [0.15, 0.2) is 11.5 Å². The molecule has 4 rings (SSSR count). The van der Waals surface area contributed by atoms with E-state index in [0.717, 1.165) is 37.9 Å². The minimum Gasteiger partial charge on any atom is -0.486 e. The maximum Gasteiger partial charge on any atom is 0.293 e. The smallest absolute Gasteiger partial charge is 0.293 e. The fourth-order valence-corrected chi connectivity index (χ4v) is 3.91. The molecule has 1 fully saturated rings. The molecule has 0 bridgehead atoms. The molecule has 2 aliphatic heterocycles. The lowest BCUT2D eigenvalue weighted by molar-refractivity contribution is -0.384. The second kappa shape index (κ2) is 8.61. The number of nitrogens with zero attached hydrogens (tertiary/aromatic N) is 2. The Morgan fingerprint density at radius 3 is 2.53 bits per heavy atom. The Balaban J connectivity index is 1.51. The Labute approximate surface area is 174 Å². The van der Waals surface area contributed by atoms with Gasteiger partial charge in [-0.3, -0.25) is 14.9 Å². The Kier molecular flexibility index (Phi) is 5.74. The molecule has 1 amide bonds. The van der Waals surface area contributed by atoms with E-state index >= 15 is 0 Å². The summed E-state index contributed by atoms with van der Waals surface area (Å²) in [6.45, 7) is 4.47. The van der Waals surface area contributed by atoms with E-state index in [-0.39, 0.29) is 23.2 Å². The number of nitrogens with one attached hydrogen (secondary N) is 1. The minimum atomic E-state index is -0.412. The molecule has 0 radical (unpaired) electrons. The number of benzene rings is 2. The number of carbonyl (C=O) groups excluding carboxylic acids is 1. The second-order valence-electron chi connectivity index (χ2n) is 7.61.